The van der Waals surface area contributed by atoms with Crippen LogP contribution in [0.15, 0.2) is 30.3 Å². The second kappa shape index (κ2) is 8.98. The molecule has 5 heteroatoms. The van der Waals surface area contributed by atoms with E-state index in [9.17, 15) is 4.79 Å². The zero-order valence-electron chi connectivity index (χ0n) is 10.1. The van der Waals surface area contributed by atoms with Crippen molar-refractivity contribution in [3.63, 3.8) is 0 Å². The SMILES string of the molecule is CNCC(=O)NC(COC)c1ccccc1.Cl. The molecule has 17 heavy (non-hydrogen) atoms. The van der Waals surface area contributed by atoms with Crippen LogP contribution >= 0.6 is 12.4 Å². The lowest BCUT2D eigenvalue weighted by Gasteiger charge is -2.18. The third-order valence-electron chi connectivity index (χ3n) is 2.21. The van der Waals surface area contributed by atoms with Crippen LogP contribution in [0.2, 0.25) is 0 Å². The Morgan fingerprint density at radius 1 is 1.35 bits per heavy atom. The summed E-state index contributed by atoms with van der Waals surface area (Å²) in [6.45, 7) is 0.784. The molecule has 0 aliphatic carbocycles. The quantitative estimate of drug-likeness (QED) is 0.804. The molecule has 1 atom stereocenters. The Morgan fingerprint density at radius 3 is 2.53 bits per heavy atom. The van der Waals surface area contributed by atoms with Gasteiger partial charge in [0.25, 0.3) is 0 Å². The number of nitrogens with one attached hydrogen (secondary N) is 2. The minimum Gasteiger partial charge on any atom is -0.382 e. The van der Waals surface area contributed by atoms with Gasteiger partial charge in [0, 0.05) is 7.11 Å². The number of likely N-dealkylation sites (N-methyl/N-ethyl adjacent to an activating group) is 1. The van der Waals surface area contributed by atoms with Crippen LogP contribution in [0.25, 0.3) is 0 Å². The first-order valence-electron chi connectivity index (χ1n) is 5.25. The summed E-state index contributed by atoms with van der Waals surface area (Å²) in [5.41, 5.74) is 1.05. The number of benzene rings is 1. The minimum atomic E-state index is -0.0907. The molecule has 1 aromatic carbocycles. The second-order valence-corrected chi connectivity index (χ2v) is 3.52. The van der Waals surface area contributed by atoms with Crippen molar-refractivity contribution in [3.05, 3.63) is 35.9 Å². The van der Waals surface area contributed by atoms with E-state index < -0.39 is 0 Å². The normalized spacial score (nSPS) is 11.4. The molecule has 0 saturated carbocycles. The lowest BCUT2D eigenvalue weighted by molar-refractivity contribution is -0.121. The average Bonchev–Trinajstić information content (AvgIpc) is 2.30. The van der Waals surface area contributed by atoms with Gasteiger partial charge >= 0.3 is 0 Å². The molecule has 1 amide bonds. The Hall–Kier alpha value is -1.10. The third kappa shape index (κ3) is 5.68. The summed E-state index contributed by atoms with van der Waals surface area (Å²) in [5, 5.41) is 5.72. The standard InChI is InChI=1S/C12H18N2O2.ClH/c1-13-8-12(15)14-11(9-16-2)10-6-4-3-5-7-10;/h3-7,11,13H,8-9H2,1-2H3,(H,14,15);1H. The summed E-state index contributed by atoms with van der Waals surface area (Å²) in [4.78, 5) is 11.5. The number of methoxy groups -OCH3 is 1. The monoisotopic (exact) mass is 258 g/mol. The molecule has 0 aliphatic heterocycles. The number of rotatable bonds is 6. The van der Waals surface area contributed by atoms with Crippen LogP contribution in [-0.4, -0.2) is 33.2 Å². The van der Waals surface area contributed by atoms with Crippen molar-refractivity contribution < 1.29 is 9.53 Å². The summed E-state index contributed by atoms with van der Waals surface area (Å²) in [6, 6.07) is 9.70. The van der Waals surface area contributed by atoms with Gasteiger partial charge in [0.2, 0.25) is 5.91 Å². The molecule has 2 N–H and O–H groups in total. The van der Waals surface area contributed by atoms with Crippen molar-refractivity contribution in [2.45, 2.75) is 6.04 Å². The number of carbonyl (C=O) groups is 1. The topological polar surface area (TPSA) is 50.4 Å². The Kier molecular flexibility index (Phi) is 8.40. The van der Waals surface area contributed by atoms with Crippen molar-refractivity contribution in [1.82, 2.24) is 10.6 Å². The number of amides is 1. The van der Waals surface area contributed by atoms with Crippen LogP contribution < -0.4 is 10.6 Å². The van der Waals surface area contributed by atoms with Gasteiger partial charge in [-0.2, -0.15) is 0 Å². The van der Waals surface area contributed by atoms with Gasteiger partial charge in [0.1, 0.15) is 0 Å². The van der Waals surface area contributed by atoms with E-state index in [-0.39, 0.29) is 24.4 Å². The van der Waals surface area contributed by atoms with Gasteiger partial charge in [-0.1, -0.05) is 30.3 Å². The van der Waals surface area contributed by atoms with E-state index in [4.69, 9.17) is 4.74 Å². The van der Waals surface area contributed by atoms with E-state index in [2.05, 4.69) is 10.6 Å². The van der Waals surface area contributed by atoms with Gasteiger partial charge in [-0.3, -0.25) is 4.79 Å². The van der Waals surface area contributed by atoms with Gasteiger partial charge < -0.3 is 15.4 Å². The third-order valence-corrected chi connectivity index (χ3v) is 2.21. The van der Waals surface area contributed by atoms with E-state index in [1.807, 2.05) is 30.3 Å². The highest BCUT2D eigenvalue weighted by Crippen LogP contribution is 2.12. The molecule has 0 heterocycles. The maximum absolute atomic E-state index is 11.5. The second-order valence-electron chi connectivity index (χ2n) is 3.52. The van der Waals surface area contributed by atoms with Gasteiger partial charge in [0.15, 0.2) is 0 Å². The van der Waals surface area contributed by atoms with Crippen molar-refractivity contribution in [3.8, 4) is 0 Å². The summed E-state index contributed by atoms with van der Waals surface area (Å²) < 4.78 is 5.10. The first kappa shape index (κ1) is 15.9. The van der Waals surface area contributed by atoms with Crippen LogP contribution in [0, 0.1) is 0 Å². The molecule has 0 bridgehead atoms. The molecular formula is C12H19ClN2O2. The fraction of sp³-hybridized carbons (Fsp3) is 0.417. The molecule has 1 unspecified atom stereocenters. The zero-order chi connectivity index (χ0) is 11.8. The van der Waals surface area contributed by atoms with Crippen molar-refractivity contribution >= 4 is 18.3 Å². The maximum atomic E-state index is 11.5. The van der Waals surface area contributed by atoms with E-state index in [0.717, 1.165) is 5.56 Å². The van der Waals surface area contributed by atoms with E-state index in [1.54, 1.807) is 14.2 Å². The number of carbonyl (C=O) groups excluding carboxylic acids is 1. The molecule has 1 aromatic rings. The summed E-state index contributed by atoms with van der Waals surface area (Å²) in [7, 11) is 3.37. The first-order valence-corrected chi connectivity index (χ1v) is 5.25. The average molecular weight is 259 g/mol. The molecule has 0 spiro atoms. The molecule has 0 aliphatic rings. The number of hydrogen-bond donors (Lipinski definition) is 2. The molecule has 0 aromatic heterocycles. The van der Waals surface area contributed by atoms with Gasteiger partial charge in [0.05, 0.1) is 19.2 Å². The highest BCUT2D eigenvalue weighted by molar-refractivity contribution is 5.85. The van der Waals surface area contributed by atoms with Crippen molar-refractivity contribution in [2.75, 3.05) is 27.3 Å². The number of halogens is 1. The molecule has 96 valence electrons. The van der Waals surface area contributed by atoms with Gasteiger partial charge in [-0.25, -0.2) is 0 Å². The first-order chi connectivity index (χ1) is 7.77. The molecular weight excluding hydrogens is 240 g/mol. The van der Waals surface area contributed by atoms with Gasteiger partial charge in [-0.05, 0) is 12.6 Å². The smallest absolute Gasteiger partial charge is 0.234 e. The zero-order valence-corrected chi connectivity index (χ0v) is 10.9. The highest BCUT2D eigenvalue weighted by atomic mass is 35.5. The molecule has 4 nitrogen and oxygen atoms in total. The maximum Gasteiger partial charge on any atom is 0.234 e. The fourth-order valence-electron chi connectivity index (χ4n) is 1.48. The number of ether oxygens (including phenoxy) is 1. The predicted octanol–water partition coefficient (Wildman–Crippen LogP) is 1.13. The van der Waals surface area contributed by atoms with Crippen LogP contribution in [0.5, 0.6) is 0 Å². The Labute approximate surface area is 108 Å². The lowest BCUT2D eigenvalue weighted by atomic mass is 10.1. The van der Waals surface area contributed by atoms with E-state index in [1.165, 1.54) is 0 Å². The largest absolute Gasteiger partial charge is 0.382 e. The van der Waals surface area contributed by atoms with Crippen LogP contribution in [0.4, 0.5) is 0 Å². The molecule has 0 radical (unpaired) electrons. The van der Waals surface area contributed by atoms with Crippen LogP contribution in [-0.2, 0) is 9.53 Å². The van der Waals surface area contributed by atoms with Gasteiger partial charge in [-0.15, -0.1) is 12.4 Å². The number of hydrogen-bond acceptors (Lipinski definition) is 3. The predicted molar refractivity (Wildman–Crippen MR) is 70.4 cm³/mol. The van der Waals surface area contributed by atoms with E-state index in [0.29, 0.717) is 13.2 Å². The summed E-state index contributed by atoms with van der Waals surface area (Å²) in [5.74, 6) is -0.0339. The minimum absolute atomic E-state index is 0. The fourth-order valence-corrected chi connectivity index (χ4v) is 1.48. The highest BCUT2D eigenvalue weighted by Gasteiger charge is 2.13. The van der Waals surface area contributed by atoms with E-state index >= 15 is 0 Å². The summed E-state index contributed by atoms with van der Waals surface area (Å²) >= 11 is 0. The Morgan fingerprint density at radius 2 is 2.00 bits per heavy atom. The lowest BCUT2D eigenvalue weighted by Crippen LogP contribution is -2.36. The van der Waals surface area contributed by atoms with Crippen molar-refractivity contribution in [1.29, 1.82) is 0 Å². The molecule has 0 saturated heterocycles. The summed E-state index contributed by atoms with van der Waals surface area (Å²) in [6.07, 6.45) is 0. The molecule has 1 rings (SSSR count). The van der Waals surface area contributed by atoms with Crippen LogP contribution in [0.1, 0.15) is 11.6 Å². The molecule has 0 fully saturated rings. The Bertz CT molecular complexity index is 320. The Balaban J connectivity index is 0.00000256. The van der Waals surface area contributed by atoms with Crippen molar-refractivity contribution in [2.24, 2.45) is 0 Å². The van der Waals surface area contributed by atoms with Crippen LogP contribution in [0.3, 0.4) is 0 Å².